The van der Waals surface area contributed by atoms with Crippen LogP contribution in [0.15, 0.2) is 0 Å². The van der Waals surface area contributed by atoms with Crippen molar-refractivity contribution in [2.24, 2.45) is 0 Å². The molecule has 0 radical (unpaired) electrons. The SMILES string of the molecule is CCCCCC.CCCCCC.CCCCCC.CCCCCC.CCCCCC.CCOC(C)=O.CCOC(C)=O.CCOC(C)=O.CCOC(C)=O.CCOC(C)=O.CCOC(C)=O.CCOC(C)=O. The summed E-state index contributed by atoms with van der Waals surface area (Å²) in [5.41, 5.74) is 0. The fraction of sp³-hybridized carbons (Fsp3) is 0.879. The third-order valence-electron chi connectivity index (χ3n) is 7.22. The molecule has 0 bridgehead atoms. The molecule has 0 aliphatic carbocycles. The van der Waals surface area contributed by atoms with Crippen molar-refractivity contribution in [3.05, 3.63) is 0 Å². The molecular formula is C58H126O14. The molecule has 0 spiro atoms. The average molecular weight is 1050 g/mol. The maximum Gasteiger partial charge on any atom is 0.302 e. The summed E-state index contributed by atoms with van der Waals surface area (Å²) in [6.07, 6.45) is 27.7. The highest BCUT2D eigenvalue weighted by Gasteiger charge is 1.86. The van der Waals surface area contributed by atoms with E-state index in [-0.39, 0.29) is 41.8 Å². The van der Waals surface area contributed by atoms with E-state index in [4.69, 9.17) is 0 Å². The minimum absolute atomic E-state index is 0.211. The van der Waals surface area contributed by atoms with E-state index in [0.717, 1.165) is 0 Å². The average Bonchev–Trinajstić information content (AvgIpc) is 3.30. The van der Waals surface area contributed by atoms with E-state index in [2.05, 4.69) is 102 Å². The second-order valence-corrected chi connectivity index (χ2v) is 15.0. The van der Waals surface area contributed by atoms with E-state index >= 15 is 0 Å². The quantitative estimate of drug-likeness (QED) is 0.0566. The van der Waals surface area contributed by atoms with Gasteiger partial charge >= 0.3 is 41.8 Å². The van der Waals surface area contributed by atoms with Crippen LogP contribution in [0.5, 0.6) is 0 Å². The summed E-state index contributed by atoms with van der Waals surface area (Å²) in [7, 11) is 0. The molecule has 0 fully saturated rings. The second kappa shape index (κ2) is 112. The summed E-state index contributed by atoms with van der Waals surface area (Å²) in [6, 6.07) is 0. The van der Waals surface area contributed by atoms with E-state index in [1.807, 2.05) is 0 Å². The first-order valence-corrected chi connectivity index (χ1v) is 27.9. The largest absolute Gasteiger partial charge is 0.466 e. The molecule has 14 heteroatoms. The van der Waals surface area contributed by atoms with E-state index in [0.29, 0.717) is 46.2 Å². The van der Waals surface area contributed by atoms with Gasteiger partial charge in [0.15, 0.2) is 0 Å². The summed E-state index contributed by atoms with van der Waals surface area (Å²) < 4.78 is 30.8. The Morgan fingerprint density at radius 3 is 0.264 bits per heavy atom. The van der Waals surface area contributed by atoms with Crippen LogP contribution in [0.1, 0.15) is 295 Å². The minimum atomic E-state index is -0.211. The highest BCUT2D eigenvalue weighted by Crippen LogP contribution is 1.97. The smallest absolute Gasteiger partial charge is 0.302 e. The number of ether oxygens (including phenoxy) is 7. The second-order valence-electron chi connectivity index (χ2n) is 15.0. The fourth-order valence-corrected chi connectivity index (χ4v) is 3.92. The zero-order chi connectivity index (χ0) is 59.1. The number of hydrogen-bond donors (Lipinski definition) is 0. The van der Waals surface area contributed by atoms with Gasteiger partial charge in [0, 0.05) is 48.5 Å². The van der Waals surface area contributed by atoms with Crippen LogP contribution in [0.4, 0.5) is 0 Å². The van der Waals surface area contributed by atoms with Crippen LogP contribution in [-0.4, -0.2) is 88.0 Å². The highest BCUT2D eigenvalue weighted by molar-refractivity contribution is 5.67. The van der Waals surface area contributed by atoms with Gasteiger partial charge in [0.05, 0.1) is 46.2 Å². The summed E-state index contributed by atoms with van der Waals surface area (Å²) in [6.45, 7) is 47.9. The Bertz CT molecular complexity index is 749. The minimum Gasteiger partial charge on any atom is -0.466 e. The summed E-state index contributed by atoms with van der Waals surface area (Å²) in [5.74, 6) is -1.47. The normalized spacial score (nSPS) is 8.22. The Hall–Kier alpha value is -3.71. The van der Waals surface area contributed by atoms with Gasteiger partial charge in [-0.2, -0.15) is 0 Å². The van der Waals surface area contributed by atoms with Gasteiger partial charge in [-0.1, -0.05) is 198 Å². The molecule has 0 aromatic rings. The molecule has 0 atom stereocenters. The summed E-state index contributed by atoms with van der Waals surface area (Å²) in [4.78, 5) is 68.8. The maximum atomic E-state index is 9.82. The summed E-state index contributed by atoms with van der Waals surface area (Å²) in [5, 5.41) is 0. The van der Waals surface area contributed by atoms with E-state index < -0.39 is 0 Å². The third-order valence-corrected chi connectivity index (χ3v) is 7.22. The lowest BCUT2D eigenvalue weighted by atomic mass is 10.2. The standard InChI is InChI=1S/5C6H14.7C4H8O2/c5*1-3-5-6-4-2;7*1-3-6-4(2)5/h5*3-6H2,1-2H3;7*3H2,1-2H3. The van der Waals surface area contributed by atoms with Crippen molar-refractivity contribution in [2.75, 3.05) is 46.2 Å². The van der Waals surface area contributed by atoms with Gasteiger partial charge in [-0.3, -0.25) is 33.6 Å². The predicted octanol–water partition coefficient (Wildman–Crippen LogP) is 16.9. The van der Waals surface area contributed by atoms with Crippen LogP contribution in [0.2, 0.25) is 0 Å². The maximum absolute atomic E-state index is 9.82. The number of hydrogen-bond acceptors (Lipinski definition) is 14. The van der Waals surface area contributed by atoms with Crippen molar-refractivity contribution in [1.29, 1.82) is 0 Å². The zero-order valence-electron chi connectivity index (χ0n) is 52.3. The van der Waals surface area contributed by atoms with Crippen LogP contribution in [0.3, 0.4) is 0 Å². The fourth-order valence-electron chi connectivity index (χ4n) is 3.92. The number of carbonyl (C=O) groups excluding carboxylic acids is 7. The molecule has 0 N–H and O–H groups in total. The van der Waals surface area contributed by atoms with Crippen LogP contribution >= 0.6 is 0 Å². The Kier molecular flexibility index (Phi) is 152. The molecule has 0 aliphatic heterocycles. The van der Waals surface area contributed by atoms with Crippen LogP contribution in [0, 0.1) is 0 Å². The van der Waals surface area contributed by atoms with E-state index in [1.165, 1.54) is 177 Å². The molecule has 0 aromatic carbocycles. The molecule has 0 saturated carbocycles. The lowest BCUT2D eigenvalue weighted by Crippen LogP contribution is -1.95. The van der Waals surface area contributed by atoms with Gasteiger partial charge in [-0.15, -0.1) is 0 Å². The first kappa shape index (κ1) is 97.6. The Morgan fingerprint density at radius 2 is 0.250 bits per heavy atom. The Morgan fingerprint density at radius 1 is 0.181 bits per heavy atom. The Balaban J connectivity index is -0.0000000545. The van der Waals surface area contributed by atoms with Crippen LogP contribution < -0.4 is 0 Å². The van der Waals surface area contributed by atoms with Crippen LogP contribution in [-0.2, 0) is 66.7 Å². The molecule has 14 nitrogen and oxygen atoms in total. The first-order chi connectivity index (χ1) is 34.0. The van der Waals surface area contributed by atoms with Crippen molar-refractivity contribution >= 4 is 41.8 Å². The van der Waals surface area contributed by atoms with E-state index in [1.54, 1.807) is 48.5 Å². The predicted molar refractivity (Wildman–Crippen MR) is 305 cm³/mol. The summed E-state index contributed by atoms with van der Waals surface area (Å²) >= 11 is 0. The van der Waals surface area contributed by atoms with Gasteiger partial charge in [0.25, 0.3) is 0 Å². The Labute approximate surface area is 448 Å². The molecule has 72 heavy (non-hydrogen) atoms. The number of carbonyl (C=O) groups is 7. The number of rotatable bonds is 22. The van der Waals surface area contributed by atoms with E-state index in [9.17, 15) is 33.6 Å². The topological polar surface area (TPSA) is 184 Å². The first-order valence-electron chi connectivity index (χ1n) is 27.9. The monoisotopic (exact) mass is 1050 g/mol. The molecule has 0 aromatic heterocycles. The van der Waals surface area contributed by atoms with Crippen molar-refractivity contribution in [2.45, 2.75) is 295 Å². The van der Waals surface area contributed by atoms with Crippen molar-refractivity contribution in [1.82, 2.24) is 0 Å². The molecule has 0 aliphatic rings. The number of unbranched alkanes of at least 4 members (excludes halogenated alkanes) is 15. The highest BCUT2D eigenvalue weighted by atomic mass is 16.6. The molecule has 0 heterocycles. The van der Waals surface area contributed by atoms with Crippen molar-refractivity contribution in [3.8, 4) is 0 Å². The lowest BCUT2D eigenvalue weighted by Gasteiger charge is -1.89. The molecule has 0 amide bonds. The molecule has 0 rings (SSSR count). The molecule has 0 saturated heterocycles. The molecule has 0 unspecified atom stereocenters. The third kappa shape index (κ3) is 271. The van der Waals surface area contributed by atoms with Crippen molar-refractivity contribution < 1.29 is 66.7 Å². The zero-order valence-corrected chi connectivity index (χ0v) is 52.3. The molecular weight excluding hydrogens is 921 g/mol. The van der Waals surface area contributed by atoms with Gasteiger partial charge in [-0.05, 0) is 48.5 Å². The number of esters is 7. The molecule has 442 valence electrons. The van der Waals surface area contributed by atoms with Gasteiger partial charge in [-0.25, -0.2) is 0 Å². The van der Waals surface area contributed by atoms with Gasteiger partial charge in [0.1, 0.15) is 0 Å². The van der Waals surface area contributed by atoms with Crippen LogP contribution in [0.25, 0.3) is 0 Å². The lowest BCUT2D eigenvalue weighted by molar-refractivity contribution is -0.141. The van der Waals surface area contributed by atoms with Gasteiger partial charge in [0.2, 0.25) is 0 Å². The van der Waals surface area contributed by atoms with Gasteiger partial charge < -0.3 is 33.2 Å². The van der Waals surface area contributed by atoms with Crippen molar-refractivity contribution in [3.63, 3.8) is 0 Å².